The molecule has 1 aliphatic rings. The molecule has 0 fully saturated rings. The predicted molar refractivity (Wildman–Crippen MR) is 79.3 cm³/mol. The molecule has 0 aliphatic carbocycles. The number of carboxylic acid groups (broad SMARTS) is 1. The van der Waals surface area contributed by atoms with E-state index in [-0.39, 0.29) is 12.5 Å². The second-order valence-corrected chi connectivity index (χ2v) is 5.05. The molecule has 0 aromatic heterocycles. The molecule has 1 N–H and O–H groups in total. The maximum Gasteiger partial charge on any atom is 0.323 e. The zero-order chi connectivity index (χ0) is 15.4. The Kier molecular flexibility index (Phi) is 4.65. The molecule has 110 valence electrons. The number of hydrogen-bond donors (Lipinski definition) is 1. The van der Waals surface area contributed by atoms with Gasteiger partial charge in [-0.15, -0.1) is 0 Å². The van der Waals surface area contributed by atoms with Gasteiger partial charge in [-0.05, 0) is 29.8 Å². The second-order valence-electron chi connectivity index (χ2n) is 4.61. The number of nitrogens with zero attached hydrogens (tertiary/aromatic N) is 1. The zero-order valence-corrected chi connectivity index (χ0v) is 12.1. The summed E-state index contributed by atoms with van der Waals surface area (Å²) in [4.78, 5) is 23.4. The van der Waals surface area contributed by atoms with Crippen molar-refractivity contribution >= 4 is 29.6 Å². The summed E-state index contributed by atoms with van der Waals surface area (Å²) in [5.74, 6) is -0.691. The number of ether oxygens (including phenoxy) is 1. The summed E-state index contributed by atoms with van der Waals surface area (Å²) in [6.07, 6.45) is 4.82. The summed E-state index contributed by atoms with van der Waals surface area (Å²) < 4.78 is 5.55. The molecule has 5 nitrogen and oxygen atoms in total. The van der Waals surface area contributed by atoms with Gasteiger partial charge in [0.05, 0.1) is 0 Å². The highest BCUT2D eigenvalue weighted by atomic mass is 35.5. The Morgan fingerprint density at radius 1 is 1.48 bits per heavy atom. The number of carboxylic acids is 1. The normalized spacial score (nSPS) is 13.3. The molecule has 1 aromatic carbocycles. The van der Waals surface area contributed by atoms with Gasteiger partial charge in [-0.1, -0.05) is 17.7 Å². The summed E-state index contributed by atoms with van der Waals surface area (Å²) in [5, 5.41) is 9.23. The lowest BCUT2D eigenvalue weighted by molar-refractivity contribution is -0.141. The number of carbonyl (C=O) groups is 2. The zero-order valence-electron chi connectivity index (χ0n) is 11.4. The molecule has 1 aromatic rings. The van der Waals surface area contributed by atoms with Crippen LogP contribution in [0.15, 0.2) is 35.9 Å². The number of aliphatic carboxylic acids is 1. The second kappa shape index (κ2) is 6.45. The van der Waals surface area contributed by atoms with Crippen molar-refractivity contribution in [2.75, 3.05) is 20.2 Å². The molecule has 2 rings (SSSR count). The number of carbonyl (C=O) groups excluding carboxylic acids is 1. The van der Waals surface area contributed by atoms with Gasteiger partial charge in [-0.3, -0.25) is 9.59 Å². The Labute approximate surface area is 127 Å². The summed E-state index contributed by atoms with van der Waals surface area (Å²) in [5.41, 5.74) is 1.65. The van der Waals surface area contributed by atoms with Crippen LogP contribution in [0.1, 0.15) is 5.56 Å². The van der Waals surface area contributed by atoms with Gasteiger partial charge in [0.25, 0.3) is 0 Å². The summed E-state index contributed by atoms with van der Waals surface area (Å²) >= 11 is 5.92. The molecule has 1 amide bonds. The fraction of sp³-hybridized carbons (Fsp3) is 0.200. The average molecular weight is 308 g/mol. The number of likely N-dealkylation sites (N-methyl/N-ethyl adjacent to an activating group) is 1. The summed E-state index contributed by atoms with van der Waals surface area (Å²) in [7, 11) is 1.43. The third-order valence-electron chi connectivity index (χ3n) is 2.90. The van der Waals surface area contributed by atoms with Crippen LogP contribution in [0.5, 0.6) is 5.75 Å². The maximum atomic E-state index is 11.7. The third-order valence-corrected chi connectivity index (χ3v) is 3.13. The van der Waals surface area contributed by atoms with E-state index in [2.05, 4.69) is 0 Å². The van der Waals surface area contributed by atoms with Crippen molar-refractivity contribution in [2.24, 2.45) is 0 Å². The van der Waals surface area contributed by atoms with Gasteiger partial charge < -0.3 is 14.7 Å². The van der Waals surface area contributed by atoms with E-state index in [0.717, 1.165) is 21.8 Å². The largest absolute Gasteiger partial charge is 0.488 e. The first-order valence-electron chi connectivity index (χ1n) is 6.23. The molecule has 0 atom stereocenters. The fourth-order valence-corrected chi connectivity index (χ4v) is 2.03. The van der Waals surface area contributed by atoms with E-state index in [4.69, 9.17) is 21.4 Å². The molecule has 6 heteroatoms. The molecule has 21 heavy (non-hydrogen) atoms. The Morgan fingerprint density at radius 3 is 2.95 bits per heavy atom. The van der Waals surface area contributed by atoms with Crippen molar-refractivity contribution < 1.29 is 19.4 Å². The molecule has 0 spiro atoms. The van der Waals surface area contributed by atoms with Crippen LogP contribution < -0.4 is 4.74 Å². The fourth-order valence-electron chi connectivity index (χ4n) is 1.85. The molecule has 1 heterocycles. The molecule has 0 saturated carbocycles. The molecule has 0 saturated heterocycles. The van der Waals surface area contributed by atoms with Crippen LogP contribution in [-0.4, -0.2) is 42.1 Å². The van der Waals surface area contributed by atoms with Crippen LogP contribution in [-0.2, 0) is 9.59 Å². The van der Waals surface area contributed by atoms with Crippen molar-refractivity contribution in [1.29, 1.82) is 0 Å². The third kappa shape index (κ3) is 4.10. The molecule has 0 bridgehead atoms. The van der Waals surface area contributed by atoms with Crippen molar-refractivity contribution in [1.82, 2.24) is 4.90 Å². The van der Waals surface area contributed by atoms with E-state index in [1.807, 2.05) is 6.08 Å². The first-order chi connectivity index (χ1) is 9.95. The number of rotatable bonds is 4. The summed E-state index contributed by atoms with van der Waals surface area (Å²) in [6, 6.07) is 5.32. The number of halogens is 1. The van der Waals surface area contributed by atoms with Gasteiger partial charge in [0.1, 0.15) is 18.9 Å². The Bertz CT molecular complexity index is 637. The van der Waals surface area contributed by atoms with E-state index in [9.17, 15) is 9.59 Å². The molecule has 0 radical (unpaired) electrons. The van der Waals surface area contributed by atoms with Gasteiger partial charge in [0, 0.05) is 23.7 Å². The molecular formula is C15H14ClNO4. The van der Waals surface area contributed by atoms with E-state index < -0.39 is 5.97 Å². The van der Waals surface area contributed by atoms with E-state index in [1.54, 1.807) is 24.3 Å². The van der Waals surface area contributed by atoms with Crippen molar-refractivity contribution in [3.8, 4) is 5.75 Å². The van der Waals surface area contributed by atoms with Crippen LogP contribution in [0.4, 0.5) is 0 Å². The minimum atomic E-state index is -1.05. The first kappa shape index (κ1) is 15.1. The van der Waals surface area contributed by atoms with Gasteiger partial charge in [0.2, 0.25) is 5.91 Å². The van der Waals surface area contributed by atoms with Crippen molar-refractivity contribution in [2.45, 2.75) is 0 Å². The van der Waals surface area contributed by atoms with E-state index in [1.165, 1.54) is 13.1 Å². The minimum absolute atomic E-state index is 0.336. The van der Waals surface area contributed by atoms with Gasteiger partial charge in [-0.25, -0.2) is 0 Å². The van der Waals surface area contributed by atoms with Crippen LogP contribution >= 0.6 is 11.6 Å². The number of amides is 1. The van der Waals surface area contributed by atoms with E-state index >= 15 is 0 Å². The average Bonchev–Trinajstić information content (AvgIpc) is 2.43. The number of benzene rings is 1. The molecule has 0 unspecified atom stereocenters. The van der Waals surface area contributed by atoms with E-state index in [0.29, 0.717) is 11.6 Å². The Hall–Kier alpha value is -2.27. The SMILES string of the molecule is CN(CC(=O)O)C(=O)C=CC1=Cc2cc(Cl)ccc2OC1. The maximum absolute atomic E-state index is 11.7. The molecular weight excluding hydrogens is 294 g/mol. The van der Waals surface area contributed by atoms with Crippen molar-refractivity contribution in [3.63, 3.8) is 0 Å². The van der Waals surface area contributed by atoms with Crippen LogP contribution in [0, 0.1) is 0 Å². The van der Waals surface area contributed by atoms with Crippen LogP contribution in [0.25, 0.3) is 6.08 Å². The van der Waals surface area contributed by atoms with Crippen LogP contribution in [0.2, 0.25) is 5.02 Å². The lowest BCUT2D eigenvalue weighted by atomic mass is 10.1. The highest BCUT2D eigenvalue weighted by Crippen LogP contribution is 2.29. The van der Waals surface area contributed by atoms with Gasteiger partial charge in [0.15, 0.2) is 0 Å². The lowest BCUT2D eigenvalue weighted by Gasteiger charge is -2.16. The Balaban J connectivity index is 2.08. The van der Waals surface area contributed by atoms with Gasteiger partial charge in [-0.2, -0.15) is 0 Å². The standard InChI is InChI=1S/C15H14ClNO4/c1-17(8-15(19)20)14(18)5-2-10-6-11-7-12(16)3-4-13(11)21-9-10/h2-7H,8-9H2,1H3,(H,19,20). The highest BCUT2D eigenvalue weighted by molar-refractivity contribution is 6.30. The Morgan fingerprint density at radius 2 is 2.24 bits per heavy atom. The van der Waals surface area contributed by atoms with Crippen LogP contribution in [0.3, 0.4) is 0 Å². The highest BCUT2D eigenvalue weighted by Gasteiger charge is 2.12. The molecule has 1 aliphatic heterocycles. The summed E-state index contributed by atoms with van der Waals surface area (Å²) in [6.45, 7) is 0.0121. The van der Waals surface area contributed by atoms with Crippen molar-refractivity contribution in [3.05, 3.63) is 46.5 Å². The predicted octanol–water partition coefficient (Wildman–Crippen LogP) is 2.21. The minimum Gasteiger partial charge on any atom is -0.488 e. The number of hydrogen-bond acceptors (Lipinski definition) is 3. The quantitative estimate of drug-likeness (QED) is 0.866. The monoisotopic (exact) mass is 307 g/mol. The first-order valence-corrected chi connectivity index (χ1v) is 6.61. The number of fused-ring (bicyclic) bond motifs is 1. The topological polar surface area (TPSA) is 66.8 Å². The lowest BCUT2D eigenvalue weighted by Crippen LogP contribution is -2.30. The smallest absolute Gasteiger partial charge is 0.323 e. The van der Waals surface area contributed by atoms with Gasteiger partial charge >= 0.3 is 5.97 Å².